The molecule has 4 heteroatoms. The summed E-state index contributed by atoms with van der Waals surface area (Å²) in [6.07, 6.45) is 11.6. The van der Waals surface area contributed by atoms with Crippen molar-refractivity contribution in [3.05, 3.63) is 23.8 Å². The Hall–Kier alpha value is -1.57. The van der Waals surface area contributed by atoms with Crippen LogP contribution in [0.5, 0.6) is 0 Å². The normalized spacial score (nSPS) is 26.8. The first kappa shape index (κ1) is 26.7. The van der Waals surface area contributed by atoms with Crippen molar-refractivity contribution in [2.75, 3.05) is 0 Å². The quantitative estimate of drug-likeness (QED) is 0.265. The third-order valence-corrected chi connectivity index (χ3v) is 7.20. The van der Waals surface area contributed by atoms with Crippen LogP contribution in [0.2, 0.25) is 0 Å². The Kier molecular flexibility index (Phi) is 10.5. The molecule has 2 aliphatic carbocycles. The second kappa shape index (κ2) is 12.6. The fourth-order valence-electron chi connectivity index (χ4n) is 5.54. The lowest BCUT2D eigenvalue weighted by atomic mass is 9.88. The Morgan fingerprint density at radius 3 is 2.53 bits per heavy atom. The third kappa shape index (κ3) is 7.22. The first-order chi connectivity index (χ1) is 15.1. The van der Waals surface area contributed by atoms with Crippen LogP contribution in [0.25, 0.3) is 0 Å². The number of unbranched alkanes of at least 4 members (excludes halogenated alkanes) is 1. The highest BCUT2D eigenvalue weighted by atomic mass is 16.3. The number of carbonyl (C=O) groups is 1. The maximum Gasteiger partial charge on any atom is 0.223 e. The van der Waals surface area contributed by atoms with Crippen LogP contribution in [0.4, 0.5) is 0 Å². The van der Waals surface area contributed by atoms with Crippen molar-refractivity contribution >= 4 is 5.91 Å². The van der Waals surface area contributed by atoms with Gasteiger partial charge < -0.3 is 15.1 Å². The molecule has 2 N–H and O–H groups in total. The van der Waals surface area contributed by atoms with Gasteiger partial charge in [0.05, 0.1) is 12.2 Å². The molecule has 0 unspecified atom stereocenters. The standard InChI is InChI=1S/C28H45NO3/c1-7-8-11-21(6)26(30)15-14-24-25-17-22(16-23(25)18-27(24)31)12-9-10-13-28(32)29(19(2)3)20(4)5/h14-16,19-21,23-27,30-31H,9-13,17-18H2,1-6H3/t21-,23+,24-,25+,26-,27-/m1/s1. The summed E-state index contributed by atoms with van der Waals surface area (Å²) >= 11 is 0. The molecule has 180 valence electrons. The van der Waals surface area contributed by atoms with Crippen molar-refractivity contribution < 1.29 is 15.0 Å². The number of hydrogen-bond donors (Lipinski definition) is 2. The summed E-state index contributed by atoms with van der Waals surface area (Å²) in [5.41, 5.74) is 1.48. The Morgan fingerprint density at radius 2 is 1.91 bits per heavy atom. The molecule has 1 amide bonds. The van der Waals surface area contributed by atoms with Gasteiger partial charge in [-0.15, -0.1) is 11.8 Å². The SMILES string of the molecule is CC#CC[C@@H](C)[C@H](O)C=C[C@@H]1[C@H]2CC(CCCCC(=O)N(C(C)C)C(C)C)=C[C@H]2C[C@H]1O. The molecule has 1 saturated carbocycles. The smallest absolute Gasteiger partial charge is 0.223 e. The average Bonchev–Trinajstić information content (AvgIpc) is 3.23. The van der Waals surface area contributed by atoms with E-state index in [2.05, 4.69) is 51.7 Å². The van der Waals surface area contributed by atoms with Gasteiger partial charge in [0.25, 0.3) is 0 Å². The molecule has 1 fully saturated rings. The van der Waals surface area contributed by atoms with Gasteiger partial charge in [0.15, 0.2) is 0 Å². The summed E-state index contributed by atoms with van der Waals surface area (Å²) in [5, 5.41) is 21.0. The van der Waals surface area contributed by atoms with Crippen LogP contribution in [0, 0.1) is 35.5 Å². The lowest BCUT2D eigenvalue weighted by Gasteiger charge is -2.30. The summed E-state index contributed by atoms with van der Waals surface area (Å²) in [6, 6.07) is 0.494. The Bertz CT molecular complexity index is 719. The number of aliphatic hydroxyl groups excluding tert-OH is 2. The molecule has 0 aromatic carbocycles. The highest BCUT2D eigenvalue weighted by molar-refractivity contribution is 5.76. The molecule has 0 saturated heterocycles. The van der Waals surface area contributed by atoms with E-state index in [0.29, 0.717) is 24.7 Å². The van der Waals surface area contributed by atoms with Gasteiger partial charge in [-0.2, -0.15) is 0 Å². The number of carbonyl (C=O) groups excluding carboxylic acids is 1. The lowest BCUT2D eigenvalue weighted by Crippen LogP contribution is -2.41. The number of aliphatic hydroxyl groups is 2. The summed E-state index contributed by atoms with van der Waals surface area (Å²) in [4.78, 5) is 14.5. The predicted molar refractivity (Wildman–Crippen MR) is 132 cm³/mol. The van der Waals surface area contributed by atoms with E-state index in [9.17, 15) is 15.0 Å². The minimum Gasteiger partial charge on any atom is -0.392 e. The van der Waals surface area contributed by atoms with Crippen LogP contribution in [0.1, 0.15) is 86.5 Å². The van der Waals surface area contributed by atoms with Gasteiger partial charge in [-0.05, 0) is 84.5 Å². The Morgan fingerprint density at radius 1 is 1.22 bits per heavy atom. The molecule has 0 aliphatic heterocycles. The van der Waals surface area contributed by atoms with E-state index in [-0.39, 0.29) is 35.9 Å². The lowest BCUT2D eigenvalue weighted by molar-refractivity contribution is -0.134. The molecule has 32 heavy (non-hydrogen) atoms. The molecule has 0 spiro atoms. The minimum atomic E-state index is -0.523. The number of amides is 1. The summed E-state index contributed by atoms with van der Waals surface area (Å²) < 4.78 is 0. The van der Waals surface area contributed by atoms with Crippen LogP contribution < -0.4 is 0 Å². The highest BCUT2D eigenvalue weighted by Crippen LogP contribution is 2.48. The number of rotatable bonds is 11. The van der Waals surface area contributed by atoms with Crippen LogP contribution in [0.3, 0.4) is 0 Å². The van der Waals surface area contributed by atoms with E-state index in [1.807, 2.05) is 24.8 Å². The zero-order chi connectivity index (χ0) is 23.8. The molecule has 0 bridgehead atoms. The van der Waals surface area contributed by atoms with Crippen LogP contribution in [0.15, 0.2) is 23.8 Å². The third-order valence-electron chi connectivity index (χ3n) is 7.20. The second-order valence-corrected chi connectivity index (χ2v) is 10.4. The molecule has 0 aromatic heterocycles. The average molecular weight is 444 g/mol. The van der Waals surface area contributed by atoms with Gasteiger partial charge in [0.1, 0.15) is 0 Å². The molecule has 6 atom stereocenters. The van der Waals surface area contributed by atoms with Gasteiger partial charge in [-0.1, -0.05) is 30.7 Å². The topological polar surface area (TPSA) is 60.8 Å². The summed E-state index contributed by atoms with van der Waals surface area (Å²) in [7, 11) is 0. The van der Waals surface area contributed by atoms with Crippen molar-refractivity contribution in [2.24, 2.45) is 23.7 Å². The Balaban J connectivity index is 1.81. The zero-order valence-corrected chi connectivity index (χ0v) is 21.1. The Labute approximate surface area is 196 Å². The van der Waals surface area contributed by atoms with Gasteiger partial charge in [-0.3, -0.25) is 4.79 Å². The van der Waals surface area contributed by atoms with E-state index in [4.69, 9.17) is 0 Å². The maximum atomic E-state index is 12.5. The fourth-order valence-corrected chi connectivity index (χ4v) is 5.54. The molecule has 4 nitrogen and oxygen atoms in total. The molecular formula is C28H45NO3. The summed E-state index contributed by atoms with van der Waals surface area (Å²) in [5.74, 6) is 7.26. The van der Waals surface area contributed by atoms with Gasteiger partial charge in [0.2, 0.25) is 5.91 Å². The fraction of sp³-hybridized carbons (Fsp3) is 0.750. The number of hydrogen-bond acceptors (Lipinski definition) is 3. The zero-order valence-electron chi connectivity index (χ0n) is 21.1. The van der Waals surface area contributed by atoms with Crippen LogP contribution in [-0.4, -0.2) is 45.3 Å². The van der Waals surface area contributed by atoms with Crippen molar-refractivity contribution in [3.8, 4) is 11.8 Å². The first-order valence-corrected chi connectivity index (χ1v) is 12.6. The summed E-state index contributed by atoms with van der Waals surface area (Å²) in [6.45, 7) is 12.2. The largest absolute Gasteiger partial charge is 0.392 e. The van der Waals surface area contributed by atoms with Crippen molar-refractivity contribution in [2.45, 2.75) is 111 Å². The van der Waals surface area contributed by atoms with Crippen molar-refractivity contribution in [3.63, 3.8) is 0 Å². The first-order valence-electron chi connectivity index (χ1n) is 12.6. The van der Waals surface area contributed by atoms with Crippen LogP contribution >= 0.6 is 0 Å². The molecule has 2 aliphatic rings. The van der Waals surface area contributed by atoms with E-state index in [0.717, 1.165) is 32.1 Å². The molecule has 2 rings (SSSR count). The number of fused-ring (bicyclic) bond motifs is 1. The van der Waals surface area contributed by atoms with E-state index in [1.54, 1.807) is 0 Å². The van der Waals surface area contributed by atoms with E-state index in [1.165, 1.54) is 5.57 Å². The number of nitrogens with zero attached hydrogens (tertiary/aromatic N) is 1. The van der Waals surface area contributed by atoms with Gasteiger partial charge in [-0.25, -0.2) is 0 Å². The molecular weight excluding hydrogens is 398 g/mol. The van der Waals surface area contributed by atoms with Crippen LogP contribution in [-0.2, 0) is 4.79 Å². The van der Waals surface area contributed by atoms with Gasteiger partial charge >= 0.3 is 0 Å². The number of allylic oxidation sites excluding steroid dienone is 2. The van der Waals surface area contributed by atoms with Crippen molar-refractivity contribution in [1.82, 2.24) is 4.90 Å². The van der Waals surface area contributed by atoms with Gasteiger partial charge in [0, 0.05) is 30.8 Å². The van der Waals surface area contributed by atoms with E-state index >= 15 is 0 Å². The monoisotopic (exact) mass is 443 g/mol. The minimum absolute atomic E-state index is 0.0929. The molecule has 0 radical (unpaired) electrons. The molecule has 0 heterocycles. The maximum absolute atomic E-state index is 12.5. The molecule has 0 aromatic rings. The second-order valence-electron chi connectivity index (χ2n) is 10.4. The van der Waals surface area contributed by atoms with E-state index < -0.39 is 6.10 Å². The highest BCUT2D eigenvalue weighted by Gasteiger charge is 2.43. The predicted octanol–water partition coefficient (Wildman–Crippen LogP) is 5.10. The van der Waals surface area contributed by atoms with Crippen molar-refractivity contribution in [1.29, 1.82) is 0 Å².